The molecule has 244 valence electrons. The van der Waals surface area contributed by atoms with Crippen molar-refractivity contribution < 1.29 is 23.8 Å². The van der Waals surface area contributed by atoms with Crippen LogP contribution in [-0.2, 0) is 20.6 Å². The van der Waals surface area contributed by atoms with Crippen molar-refractivity contribution in [1.29, 1.82) is 0 Å². The molecule has 0 radical (unpaired) electrons. The van der Waals surface area contributed by atoms with Crippen LogP contribution >= 0.6 is 0 Å². The number of amides is 2. The van der Waals surface area contributed by atoms with E-state index in [1.807, 2.05) is 40.7 Å². The van der Waals surface area contributed by atoms with Crippen LogP contribution in [0.4, 0.5) is 0 Å². The van der Waals surface area contributed by atoms with Gasteiger partial charge in [-0.2, -0.15) is 0 Å². The van der Waals surface area contributed by atoms with E-state index in [1.165, 1.54) is 12.0 Å². The number of allylic oxidation sites excluding steroid dienone is 3. The molecule has 8 nitrogen and oxygen atoms in total. The van der Waals surface area contributed by atoms with Crippen molar-refractivity contribution in [2.45, 2.75) is 138 Å². The first-order valence-electron chi connectivity index (χ1n) is 16.1. The van der Waals surface area contributed by atoms with Crippen LogP contribution in [-0.4, -0.2) is 62.7 Å². The van der Waals surface area contributed by atoms with Crippen molar-refractivity contribution in [3.8, 4) is 0 Å². The maximum absolute atomic E-state index is 13.8. The second-order valence-corrected chi connectivity index (χ2v) is 14.0. The third-order valence-electron chi connectivity index (χ3n) is 7.69. The van der Waals surface area contributed by atoms with Crippen molar-refractivity contribution in [2.24, 2.45) is 17.8 Å². The van der Waals surface area contributed by atoms with Crippen molar-refractivity contribution >= 4 is 29.9 Å². The van der Waals surface area contributed by atoms with Crippen LogP contribution in [0.3, 0.4) is 0 Å². The van der Waals surface area contributed by atoms with Gasteiger partial charge in [0.15, 0.2) is 0 Å². The molecular formula is C32H62BN3O5S. The van der Waals surface area contributed by atoms with Gasteiger partial charge in [0.2, 0.25) is 11.8 Å². The van der Waals surface area contributed by atoms with E-state index in [-0.39, 0.29) is 24.2 Å². The van der Waals surface area contributed by atoms with Gasteiger partial charge in [-0.1, -0.05) is 99.1 Å². The summed E-state index contributed by atoms with van der Waals surface area (Å²) in [6, 6.07) is -0.674. The molecule has 10 heteroatoms. The molecule has 1 heterocycles. The summed E-state index contributed by atoms with van der Waals surface area (Å²) in [5.74, 6) is 0.522. The molecule has 0 aromatic rings. The lowest BCUT2D eigenvalue weighted by atomic mass is 9.83. The molecule has 2 rings (SSSR count). The van der Waals surface area contributed by atoms with Crippen molar-refractivity contribution in [2.75, 3.05) is 13.0 Å². The Kier molecular flexibility index (Phi) is 20.5. The van der Waals surface area contributed by atoms with Crippen molar-refractivity contribution in [3.63, 3.8) is 0 Å². The minimum Gasteiger partial charge on any atom is -0.426 e. The zero-order valence-electron chi connectivity index (χ0n) is 28.1. The number of nitrogens with one attached hydrogen (secondary N) is 2. The Bertz CT molecular complexity index is 871. The van der Waals surface area contributed by atoms with Crippen LogP contribution < -0.4 is 10.0 Å². The van der Waals surface area contributed by atoms with Crippen molar-refractivity contribution in [1.82, 2.24) is 14.9 Å². The number of hydrogen-bond donors (Lipinski definition) is 4. The monoisotopic (exact) mass is 611 g/mol. The Morgan fingerprint density at radius 3 is 2.10 bits per heavy atom. The lowest BCUT2D eigenvalue weighted by Crippen LogP contribution is -2.59. The van der Waals surface area contributed by atoms with Gasteiger partial charge in [-0.05, 0) is 56.8 Å². The van der Waals surface area contributed by atoms with Gasteiger partial charge >= 0.3 is 7.12 Å². The Morgan fingerprint density at radius 2 is 1.67 bits per heavy atom. The third kappa shape index (κ3) is 14.3. The van der Waals surface area contributed by atoms with Crippen LogP contribution in [0.25, 0.3) is 0 Å². The summed E-state index contributed by atoms with van der Waals surface area (Å²) < 4.78 is 16.3. The molecule has 1 saturated carbocycles. The Labute approximate surface area is 260 Å². The second kappa shape index (κ2) is 21.3. The summed E-state index contributed by atoms with van der Waals surface area (Å²) in [6.07, 6.45) is 10.7. The fourth-order valence-electron chi connectivity index (χ4n) is 5.04. The number of hydrogen-bond acceptors (Lipinski definition) is 5. The lowest BCUT2D eigenvalue weighted by Gasteiger charge is -2.35. The predicted molar refractivity (Wildman–Crippen MR) is 178 cm³/mol. The maximum Gasteiger partial charge on any atom is 0.472 e. The first-order valence-corrected chi connectivity index (χ1v) is 17.3. The first kappa shape index (κ1) is 40.5. The Balaban J connectivity index is 0.00000163. The van der Waals surface area contributed by atoms with Gasteiger partial charge in [0, 0.05) is 11.4 Å². The van der Waals surface area contributed by atoms with Gasteiger partial charge in [0.05, 0.1) is 6.44 Å². The summed E-state index contributed by atoms with van der Waals surface area (Å²) in [5.41, 5.74) is 0.249. The topological polar surface area (TPSA) is 119 Å². The fourth-order valence-corrected chi connectivity index (χ4v) is 6.51. The smallest absolute Gasteiger partial charge is 0.426 e. The average molecular weight is 612 g/mol. The van der Waals surface area contributed by atoms with E-state index in [1.54, 1.807) is 4.90 Å². The SMILES string of the molecule is C=C(C)CC.CC(C)C.CC/C=C(\CC)S(=O)NC1(C(C)C)CCN(C(CC2CCCCC2)C(=O)NCB(O)O)C1=O. The van der Waals surface area contributed by atoms with E-state index >= 15 is 0 Å². The van der Waals surface area contributed by atoms with Gasteiger partial charge in [0.25, 0.3) is 0 Å². The van der Waals surface area contributed by atoms with E-state index in [0.717, 1.165) is 49.3 Å². The van der Waals surface area contributed by atoms with Crippen LogP contribution in [0.1, 0.15) is 127 Å². The molecule has 0 aromatic carbocycles. The second-order valence-electron chi connectivity index (χ2n) is 12.7. The molecule has 2 aliphatic rings. The number of rotatable bonds is 13. The number of carbonyl (C=O) groups excluding carboxylic acids is 2. The fraction of sp³-hybridized carbons (Fsp3) is 0.812. The van der Waals surface area contributed by atoms with Gasteiger partial charge in [-0.25, -0.2) is 8.93 Å². The zero-order chi connectivity index (χ0) is 32.5. The molecule has 1 saturated heterocycles. The molecule has 1 aliphatic heterocycles. The van der Waals surface area contributed by atoms with Crippen LogP contribution in [0.5, 0.6) is 0 Å². The van der Waals surface area contributed by atoms with Crippen molar-refractivity contribution in [3.05, 3.63) is 23.1 Å². The highest BCUT2D eigenvalue weighted by Gasteiger charge is 2.53. The molecular weight excluding hydrogens is 549 g/mol. The largest absolute Gasteiger partial charge is 0.472 e. The molecule has 0 bridgehead atoms. The van der Waals surface area contributed by atoms with Gasteiger partial charge < -0.3 is 20.3 Å². The standard InChI is InChI=1S/C23H42BN3O5S.C5H10.C4H10/c1-5-10-19(6-2)33(32)26-23(17(3)4)13-14-27(22(23)29)20(21(28)25-16-24(30)31)15-18-11-8-7-9-12-18;1-4-5(2)3;1-4(2)3/h10,17-18,20,26,30-31H,5-9,11-16H2,1-4H3,(H,25,28);2,4H2,1,3H3;4H,1-3H3/b19-10+;;. The number of likely N-dealkylation sites (tertiary alicyclic amines) is 1. The maximum atomic E-state index is 13.8. The van der Waals surface area contributed by atoms with E-state index in [4.69, 9.17) is 0 Å². The molecule has 0 aromatic heterocycles. The quantitative estimate of drug-likeness (QED) is 0.158. The van der Waals surface area contributed by atoms with Gasteiger partial charge in [-0.15, -0.1) is 6.58 Å². The zero-order valence-corrected chi connectivity index (χ0v) is 28.9. The number of carbonyl (C=O) groups is 2. The summed E-state index contributed by atoms with van der Waals surface area (Å²) in [7, 11) is -3.13. The summed E-state index contributed by atoms with van der Waals surface area (Å²) >= 11 is 0. The Hall–Kier alpha value is -1.49. The first-order chi connectivity index (χ1) is 19.7. The highest BCUT2D eigenvalue weighted by Crippen LogP contribution is 2.36. The van der Waals surface area contributed by atoms with E-state index < -0.39 is 29.7 Å². The van der Waals surface area contributed by atoms with Gasteiger partial charge in [-0.3, -0.25) is 9.59 Å². The van der Waals surface area contributed by atoms with Crippen LogP contribution in [0.15, 0.2) is 23.1 Å². The highest BCUT2D eigenvalue weighted by molar-refractivity contribution is 7.87. The minimum atomic E-state index is -1.64. The van der Waals surface area contributed by atoms with E-state index in [2.05, 4.69) is 44.3 Å². The summed E-state index contributed by atoms with van der Waals surface area (Å²) in [6.45, 7) is 22.5. The molecule has 2 fully saturated rings. The molecule has 1 aliphatic carbocycles. The summed E-state index contributed by atoms with van der Waals surface area (Å²) in [4.78, 5) is 29.3. The van der Waals surface area contributed by atoms with Crippen LogP contribution in [0, 0.1) is 17.8 Å². The molecule has 3 unspecified atom stereocenters. The minimum absolute atomic E-state index is 0.115. The van der Waals surface area contributed by atoms with E-state index in [0.29, 0.717) is 31.7 Å². The molecule has 0 spiro atoms. The predicted octanol–water partition coefficient (Wildman–Crippen LogP) is 5.67. The van der Waals surface area contributed by atoms with Gasteiger partial charge in [0.1, 0.15) is 22.6 Å². The molecule has 42 heavy (non-hydrogen) atoms. The summed E-state index contributed by atoms with van der Waals surface area (Å²) in [5, 5.41) is 21.0. The third-order valence-corrected chi connectivity index (χ3v) is 9.17. The van der Waals surface area contributed by atoms with E-state index in [9.17, 15) is 23.8 Å². The molecule has 3 atom stereocenters. The lowest BCUT2D eigenvalue weighted by molar-refractivity contribution is -0.142. The molecule has 4 N–H and O–H groups in total. The highest BCUT2D eigenvalue weighted by atomic mass is 32.2. The normalized spacial score (nSPS) is 20.8. The Morgan fingerprint density at radius 1 is 1.12 bits per heavy atom. The average Bonchev–Trinajstić information content (AvgIpc) is 3.25. The molecule has 2 amide bonds. The van der Waals surface area contributed by atoms with Crippen LogP contribution in [0.2, 0.25) is 0 Å². The number of nitrogens with zero attached hydrogens (tertiary/aromatic N) is 1.